The molecule has 1 fully saturated rings. The zero-order valence-electron chi connectivity index (χ0n) is 19.7. The first-order valence-corrected chi connectivity index (χ1v) is 11.5. The summed E-state index contributed by atoms with van der Waals surface area (Å²) in [6, 6.07) is 10.7. The lowest BCUT2D eigenvalue weighted by Crippen LogP contribution is -2.52. The van der Waals surface area contributed by atoms with Gasteiger partial charge in [0.1, 0.15) is 17.7 Å². The van der Waals surface area contributed by atoms with Crippen molar-refractivity contribution in [3.8, 4) is 11.4 Å². The summed E-state index contributed by atoms with van der Waals surface area (Å²) in [5.41, 5.74) is 3.47. The van der Waals surface area contributed by atoms with E-state index in [4.69, 9.17) is 9.97 Å². The van der Waals surface area contributed by atoms with Gasteiger partial charge in [-0.2, -0.15) is 0 Å². The number of aromatic nitrogens is 2. The number of hydrogen-bond donors (Lipinski definition) is 1. The summed E-state index contributed by atoms with van der Waals surface area (Å²) < 4.78 is 14.0. The second-order valence-electron chi connectivity index (χ2n) is 9.31. The summed E-state index contributed by atoms with van der Waals surface area (Å²) in [7, 11) is 0. The predicted octanol–water partition coefficient (Wildman–Crippen LogP) is 4.35. The normalized spacial score (nSPS) is 15.4. The van der Waals surface area contributed by atoms with Crippen molar-refractivity contribution < 1.29 is 15.7 Å². The topological polar surface area (TPSA) is 69.6 Å². The van der Waals surface area contributed by atoms with E-state index < -0.39 is 6.10 Å². The van der Waals surface area contributed by atoms with Gasteiger partial charge < -0.3 is 14.9 Å². The number of rotatable bonds is 5. The fourth-order valence-corrected chi connectivity index (χ4v) is 4.32. The van der Waals surface area contributed by atoms with E-state index in [1.807, 2.05) is 45.9 Å². The van der Waals surface area contributed by atoms with Crippen molar-refractivity contribution >= 4 is 22.6 Å². The monoisotopic (exact) mass is 452 g/mol. The Kier molecular flexibility index (Phi) is 6.61. The number of benzene rings is 2. The Morgan fingerprint density at radius 1 is 1.09 bits per heavy atom. The summed E-state index contributed by atoms with van der Waals surface area (Å²) >= 11 is 0. The molecule has 0 saturated carbocycles. The second-order valence-corrected chi connectivity index (χ2v) is 9.31. The number of carbonyl (C=O) groups is 1. The summed E-state index contributed by atoms with van der Waals surface area (Å²) in [4.78, 5) is 26.1. The van der Waals surface area contributed by atoms with Crippen LogP contribution in [0.3, 0.4) is 0 Å². The Labute approximate surface area is 195 Å². The number of aryl methyl sites for hydroxylation is 2. The molecule has 4 rings (SSSR count). The van der Waals surface area contributed by atoms with Crippen LogP contribution in [0.15, 0.2) is 36.4 Å². The molecule has 176 valence electrons. The number of nitrogens with zero attached hydrogens (tertiary/aromatic N) is 4. The molecule has 33 heavy (non-hydrogen) atoms. The van der Waals surface area contributed by atoms with Crippen LogP contribution in [0.2, 0.25) is 0 Å². The highest BCUT2D eigenvalue weighted by atomic mass is 19.1. The number of anilines is 1. The minimum Gasteiger partial charge on any atom is -0.383 e. The zero-order chi connectivity index (χ0) is 23.7. The molecule has 0 unspecified atom stereocenters. The Morgan fingerprint density at radius 3 is 2.52 bits per heavy atom. The third-order valence-corrected chi connectivity index (χ3v) is 6.14. The van der Waals surface area contributed by atoms with Gasteiger partial charge in [0.25, 0.3) is 5.91 Å². The third kappa shape index (κ3) is 4.98. The molecule has 0 spiro atoms. The maximum absolute atomic E-state index is 14.0. The standard InChI is InChI=1S/C26H31FN4O2.H2/c1-16(2)13-23(32)26(33)31-11-9-30(10-12-31)25-20-8-5-17(3)14-22(20)28-24(29-25)21-15-19(27)7-6-18(21)4;/h5-8,14-16,23,32H,9-13H2,1-4H3;1H/t23-;/m1./s1. The van der Waals surface area contributed by atoms with Crippen molar-refractivity contribution in [2.75, 3.05) is 31.1 Å². The highest BCUT2D eigenvalue weighted by molar-refractivity contribution is 5.92. The van der Waals surface area contributed by atoms with Gasteiger partial charge in [0.2, 0.25) is 0 Å². The molecule has 2 aromatic carbocycles. The van der Waals surface area contributed by atoms with Crippen LogP contribution in [0.4, 0.5) is 10.2 Å². The number of carbonyl (C=O) groups excluding carboxylic acids is 1. The van der Waals surface area contributed by atoms with Crippen molar-refractivity contribution in [2.24, 2.45) is 5.92 Å². The fourth-order valence-electron chi connectivity index (χ4n) is 4.32. The highest BCUT2D eigenvalue weighted by Crippen LogP contribution is 2.30. The third-order valence-electron chi connectivity index (χ3n) is 6.14. The van der Waals surface area contributed by atoms with E-state index in [9.17, 15) is 14.3 Å². The summed E-state index contributed by atoms with van der Waals surface area (Å²) in [5, 5.41) is 11.2. The first kappa shape index (κ1) is 23.1. The fraction of sp³-hybridized carbons (Fsp3) is 0.423. The van der Waals surface area contributed by atoms with Gasteiger partial charge in [-0.1, -0.05) is 26.0 Å². The van der Waals surface area contributed by atoms with Crippen LogP contribution >= 0.6 is 0 Å². The van der Waals surface area contributed by atoms with Crippen LogP contribution in [0.5, 0.6) is 0 Å². The van der Waals surface area contributed by atoms with Gasteiger partial charge in [-0.25, -0.2) is 14.4 Å². The molecule has 2 heterocycles. The Hall–Kier alpha value is -3.06. The van der Waals surface area contributed by atoms with Crippen LogP contribution in [-0.4, -0.2) is 58.2 Å². The molecule has 7 heteroatoms. The minimum atomic E-state index is -0.957. The average Bonchev–Trinajstić information content (AvgIpc) is 2.79. The lowest BCUT2D eigenvalue weighted by molar-refractivity contribution is -0.141. The number of fused-ring (bicyclic) bond motifs is 1. The number of aliphatic hydroxyl groups is 1. The lowest BCUT2D eigenvalue weighted by atomic mass is 10.0. The van der Waals surface area contributed by atoms with Crippen molar-refractivity contribution in [3.05, 3.63) is 53.3 Å². The van der Waals surface area contributed by atoms with Gasteiger partial charge in [-0.3, -0.25) is 4.79 Å². The maximum Gasteiger partial charge on any atom is 0.251 e. The average molecular weight is 453 g/mol. The van der Waals surface area contributed by atoms with Gasteiger partial charge in [0, 0.05) is 38.6 Å². The van der Waals surface area contributed by atoms with Gasteiger partial charge in [0.05, 0.1) is 5.52 Å². The Bertz CT molecular complexity index is 1180. The van der Waals surface area contributed by atoms with Gasteiger partial charge in [0.15, 0.2) is 5.82 Å². The molecule has 1 aromatic heterocycles. The number of halogens is 1. The molecule has 6 nitrogen and oxygen atoms in total. The first-order valence-electron chi connectivity index (χ1n) is 11.5. The van der Waals surface area contributed by atoms with Gasteiger partial charge >= 0.3 is 0 Å². The van der Waals surface area contributed by atoms with Crippen LogP contribution < -0.4 is 4.90 Å². The van der Waals surface area contributed by atoms with E-state index in [-0.39, 0.29) is 19.1 Å². The van der Waals surface area contributed by atoms with E-state index in [0.717, 1.165) is 27.8 Å². The van der Waals surface area contributed by atoms with E-state index >= 15 is 0 Å². The second kappa shape index (κ2) is 9.43. The zero-order valence-corrected chi connectivity index (χ0v) is 19.7. The van der Waals surface area contributed by atoms with E-state index in [0.29, 0.717) is 44.0 Å². The van der Waals surface area contributed by atoms with Gasteiger partial charge in [-0.15, -0.1) is 0 Å². The lowest BCUT2D eigenvalue weighted by Gasteiger charge is -2.37. The van der Waals surface area contributed by atoms with E-state index in [2.05, 4.69) is 4.90 Å². The van der Waals surface area contributed by atoms with E-state index in [1.165, 1.54) is 12.1 Å². The number of hydrogen-bond acceptors (Lipinski definition) is 5. The molecule has 1 N–H and O–H groups in total. The molecular formula is C26H33FN4O2. The molecule has 3 aromatic rings. The van der Waals surface area contributed by atoms with Crippen molar-refractivity contribution in [1.82, 2.24) is 14.9 Å². The SMILES string of the molecule is Cc1ccc2c(N3CCN(C(=O)[C@H](O)CC(C)C)CC3)nc(-c3cc(F)ccc3C)nc2c1.[HH]. The molecule has 1 aliphatic rings. The Morgan fingerprint density at radius 2 is 1.82 bits per heavy atom. The number of amides is 1. The summed E-state index contributed by atoms with van der Waals surface area (Å²) in [6.45, 7) is 10.2. The molecule has 0 radical (unpaired) electrons. The van der Waals surface area contributed by atoms with Crippen LogP contribution in [-0.2, 0) is 4.79 Å². The van der Waals surface area contributed by atoms with Crippen LogP contribution in [0.1, 0.15) is 32.8 Å². The summed E-state index contributed by atoms with van der Waals surface area (Å²) in [5.74, 6) is 1.00. The van der Waals surface area contributed by atoms with Crippen molar-refractivity contribution in [3.63, 3.8) is 0 Å². The molecule has 1 atom stereocenters. The molecule has 1 aliphatic heterocycles. The molecule has 1 saturated heterocycles. The Balaban J connectivity index is 0.00000324. The molecule has 1 amide bonds. The predicted molar refractivity (Wildman–Crippen MR) is 131 cm³/mol. The number of aliphatic hydroxyl groups excluding tert-OH is 1. The van der Waals surface area contributed by atoms with Crippen LogP contribution in [0, 0.1) is 25.6 Å². The minimum absolute atomic E-state index is 0. The van der Waals surface area contributed by atoms with Gasteiger partial charge in [-0.05, 0) is 61.6 Å². The first-order chi connectivity index (χ1) is 15.7. The largest absolute Gasteiger partial charge is 0.383 e. The summed E-state index contributed by atoms with van der Waals surface area (Å²) in [6.07, 6.45) is -0.493. The van der Waals surface area contributed by atoms with Crippen molar-refractivity contribution in [2.45, 2.75) is 40.2 Å². The molecule has 0 aliphatic carbocycles. The highest BCUT2D eigenvalue weighted by Gasteiger charge is 2.28. The quantitative estimate of drug-likeness (QED) is 0.623. The molecular weight excluding hydrogens is 419 g/mol. The maximum atomic E-state index is 14.0. The number of piperazine rings is 1. The van der Waals surface area contributed by atoms with Crippen molar-refractivity contribution in [1.29, 1.82) is 0 Å². The smallest absolute Gasteiger partial charge is 0.251 e. The molecule has 0 bridgehead atoms. The van der Waals surface area contributed by atoms with Crippen LogP contribution in [0.25, 0.3) is 22.3 Å². The van der Waals surface area contributed by atoms with E-state index in [1.54, 1.807) is 11.0 Å².